The van der Waals surface area contributed by atoms with Gasteiger partial charge in [0.25, 0.3) is 0 Å². The summed E-state index contributed by atoms with van der Waals surface area (Å²) in [5.74, 6) is 0. The van der Waals surface area contributed by atoms with Gasteiger partial charge in [0.15, 0.2) is 0 Å². The second-order valence-electron chi connectivity index (χ2n) is 5.83. The molecule has 4 heteroatoms. The number of ether oxygens (including phenoxy) is 1. The number of hydrogen-bond acceptors (Lipinski definition) is 3. The number of nitrogens with zero attached hydrogens (tertiary/aromatic N) is 2. The summed E-state index contributed by atoms with van der Waals surface area (Å²) in [5, 5.41) is 0. The topological polar surface area (TPSA) is 32.8 Å². The van der Waals surface area contributed by atoms with Crippen molar-refractivity contribution in [3.05, 3.63) is 35.9 Å². The predicted octanol–water partition coefficient (Wildman–Crippen LogP) is 2.49. The Labute approximate surface area is 120 Å². The van der Waals surface area contributed by atoms with Gasteiger partial charge in [-0.2, -0.15) is 0 Å². The van der Waals surface area contributed by atoms with E-state index >= 15 is 0 Å². The molecule has 4 nitrogen and oxygen atoms in total. The summed E-state index contributed by atoms with van der Waals surface area (Å²) in [6.07, 6.45) is 2.12. The van der Waals surface area contributed by atoms with Gasteiger partial charge in [0.05, 0.1) is 0 Å². The molecule has 2 aliphatic heterocycles. The fourth-order valence-electron chi connectivity index (χ4n) is 3.21. The first kappa shape index (κ1) is 13.4. The molecule has 1 amide bonds. The molecule has 20 heavy (non-hydrogen) atoms. The number of rotatable bonds is 2. The normalized spacial score (nSPS) is 29.1. The molecule has 2 heterocycles. The minimum Gasteiger partial charge on any atom is -0.445 e. The van der Waals surface area contributed by atoms with Crippen LogP contribution in [0.1, 0.15) is 25.3 Å². The second-order valence-corrected chi connectivity index (χ2v) is 5.83. The Morgan fingerprint density at radius 2 is 2.10 bits per heavy atom. The molecule has 2 bridgehead atoms. The molecule has 0 aliphatic carbocycles. The van der Waals surface area contributed by atoms with E-state index in [1.54, 1.807) is 0 Å². The zero-order chi connectivity index (χ0) is 13.9. The Balaban J connectivity index is 1.59. The van der Waals surface area contributed by atoms with E-state index in [0.717, 1.165) is 25.1 Å². The third-order valence-electron chi connectivity index (χ3n) is 4.39. The van der Waals surface area contributed by atoms with Gasteiger partial charge in [-0.25, -0.2) is 4.79 Å². The highest BCUT2D eigenvalue weighted by Gasteiger charge is 2.37. The highest BCUT2D eigenvalue weighted by Crippen LogP contribution is 2.24. The van der Waals surface area contributed by atoms with Crippen LogP contribution in [0.2, 0.25) is 0 Å². The number of piperidine rings is 1. The summed E-state index contributed by atoms with van der Waals surface area (Å²) >= 11 is 0. The maximum atomic E-state index is 12.3. The third kappa shape index (κ3) is 2.80. The molecule has 3 rings (SSSR count). The highest BCUT2D eigenvalue weighted by molar-refractivity contribution is 5.68. The second kappa shape index (κ2) is 5.83. The van der Waals surface area contributed by atoms with Crippen LogP contribution in [0.3, 0.4) is 0 Å². The maximum absolute atomic E-state index is 12.3. The lowest BCUT2D eigenvalue weighted by atomic mass is 9.98. The van der Waals surface area contributed by atoms with Crippen LogP contribution in [0, 0.1) is 0 Å². The van der Waals surface area contributed by atoms with Crippen molar-refractivity contribution in [1.82, 2.24) is 9.80 Å². The molecule has 0 saturated carbocycles. The number of amides is 1. The van der Waals surface area contributed by atoms with Gasteiger partial charge in [-0.15, -0.1) is 0 Å². The number of piperazine rings is 1. The summed E-state index contributed by atoms with van der Waals surface area (Å²) in [6.45, 7) is 5.52. The van der Waals surface area contributed by atoms with E-state index in [-0.39, 0.29) is 6.09 Å². The van der Waals surface area contributed by atoms with Crippen LogP contribution >= 0.6 is 0 Å². The molecular formula is C16H22N2O2. The molecule has 2 saturated heterocycles. The number of benzene rings is 1. The largest absolute Gasteiger partial charge is 0.445 e. The van der Waals surface area contributed by atoms with Gasteiger partial charge in [0.1, 0.15) is 6.61 Å². The summed E-state index contributed by atoms with van der Waals surface area (Å²) in [7, 11) is 0. The highest BCUT2D eigenvalue weighted by atomic mass is 16.6. The number of fused-ring (bicyclic) bond motifs is 2. The summed E-state index contributed by atoms with van der Waals surface area (Å²) in [4.78, 5) is 16.7. The predicted molar refractivity (Wildman–Crippen MR) is 77.4 cm³/mol. The van der Waals surface area contributed by atoms with Crippen molar-refractivity contribution in [3.8, 4) is 0 Å². The van der Waals surface area contributed by atoms with E-state index < -0.39 is 0 Å². The smallest absolute Gasteiger partial charge is 0.410 e. The lowest BCUT2D eigenvalue weighted by molar-refractivity contribution is -0.00185. The molecule has 2 fully saturated rings. The molecule has 0 radical (unpaired) electrons. The average molecular weight is 274 g/mol. The SMILES string of the molecule is CC1CN(C(=O)OCc2ccccc2)C2CCCN1C2. The lowest BCUT2D eigenvalue weighted by Crippen LogP contribution is -2.61. The zero-order valence-electron chi connectivity index (χ0n) is 12.0. The quantitative estimate of drug-likeness (QED) is 0.830. The Bertz CT molecular complexity index is 463. The molecule has 0 spiro atoms. The van der Waals surface area contributed by atoms with E-state index in [2.05, 4.69) is 11.8 Å². The van der Waals surface area contributed by atoms with Crippen molar-refractivity contribution >= 4 is 6.09 Å². The van der Waals surface area contributed by atoms with Gasteiger partial charge in [-0.3, -0.25) is 4.90 Å². The monoisotopic (exact) mass is 274 g/mol. The number of carbonyl (C=O) groups excluding carboxylic acids is 1. The van der Waals surface area contributed by atoms with Gasteiger partial charge in [-0.05, 0) is 31.9 Å². The number of carbonyl (C=O) groups is 1. The van der Waals surface area contributed by atoms with Gasteiger partial charge < -0.3 is 9.64 Å². The van der Waals surface area contributed by atoms with Gasteiger partial charge >= 0.3 is 6.09 Å². The summed E-state index contributed by atoms with van der Waals surface area (Å²) in [6, 6.07) is 10.6. The molecular weight excluding hydrogens is 252 g/mol. The van der Waals surface area contributed by atoms with Crippen molar-refractivity contribution in [3.63, 3.8) is 0 Å². The van der Waals surface area contributed by atoms with E-state index in [4.69, 9.17) is 4.74 Å². The molecule has 0 N–H and O–H groups in total. The van der Waals surface area contributed by atoms with Crippen LogP contribution in [0.15, 0.2) is 30.3 Å². The van der Waals surface area contributed by atoms with Crippen LogP contribution in [0.4, 0.5) is 4.79 Å². The Morgan fingerprint density at radius 3 is 2.90 bits per heavy atom. The van der Waals surface area contributed by atoms with Crippen molar-refractivity contribution in [1.29, 1.82) is 0 Å². The van der Waals surface area contributed by atoms with Crippen molar-refractivity contribution < 1.29 is 9.53 Å². The minimum absolute atomic E-state index is 0.160. The van der Waals surface area contributed by atoms with Crippen LogP contribution in [-0.4, -0.2) is 47.6 Å². The molecule has 0 aromatic heterocycles. The van der Waals surface area contributed by atoms with Crippen LogP contribution in [0.5, 0.6) is 0 Å². The molecule has 1 aromatic rings. The van der Waals surface area contributed by atoms with Gasteiger partial charge in [-0.1, -0.05) is 30.3 Å². The standard InChI is InChI=1S/C16H22N2O2/c1-13-10-18(15-8-5-9-17(13)11-15)16(19)20-12-14-6-3-2-4-7-14/h2-4,6-7,13,15H,5,8-12H2,1H3. The van der Waals surface area contributed by atoms with E-state index in [1.165, 1.54) is 13.0 Å². The average Bonchev–Trinajstić information content (AvgIpc) is 2.50. The fourth-order valence-corrected chi connectivity index (χ4v) is 3.21. The van der Waals surface area contributed by atoms with E-state index in [9.17, 15) is 4.79 Å². The molecule has 3 atom stereocenters. The molecule has 3 unspecified atom stereocenters. The fraction of sp³-hybridized carbons (Fsp3) is 0.562. The minimum atomic E-state index is -0.160. The van der Waals surface area contributed by atoms with Crippen molar-refractivity contribution in [2.24, 2.45) is 0 Å². The molecule has 2 aliphatic rings. The van der Waals surface area contributed by atoms with Crippen LogP contribution < -0.4 is 0 Å². The van der Waals surface area contributed by atoms with Crippen LogP contribution in [0.25, 0.3) is 0 Å². The van der Waals surface area contributed by atoms with E-state index in [0.29, 0.717) is 18.7 Å². The maximum Gasteiger partial charge on any atom is 0.410 e. The Morgan fingerprint density at radius 1 is 1.30 bits per heavy atom. The van der Waals surface area contributed by atoms with Crippen molar-refractivity contribution in [2.45, 2.75) is 38.5 Å². The Hall–Kier alpha value is -1.55. The Kier molecular flexibility index (Phi) is 3.92. The number of hydrogen-bond donors (Lipinski definition) is 0. The zero-order valence-corrected chi connectivity index (χ0v) is 12.0. The first-order valence-corrected chi connectivity index (χ1v) is 7.45. The van der Waals surface area contributed by atoms with Crippen molar-refractivity contribution in [2.75, 3.05) is 19.6 Å². The van der Waals surface area contributed by atoms with Gasteiger partial charge in [0.2, 0.25) is 0 Å². The van der Waals surface area contributed by atoms with Gasteiger partial charge in [0, 0.05) is 25.2 Å². The third-order valence-corrected chi connectivity index (χ3v) is 4.39. The summed E-state index contributed by atoms with van der Waals surface area (Å²) < 4.78 is 5.48. The first-order valence-electron chi connectivity index (χ1n) is 7.45. The lowest BCUT2D eigenvalue weighted by Gasteiger charge is -2.48. The van der Waals surface area contributed by atoms with Crippen LogP contribution in [-0.2, 0) is 11.3 Å². The molecule has 1 aromatic carbocycles. The van der Waals surface area contributed by atoms with E-state index in [1.807, 2.05) is 35.2 Å². The first-order chi connectivity index (χ1) is 9.74. The summed E-state index contributed by atoms with van der Waals surface area (Å²) in [5.41, 5.74) is 1.04. The molecule has 108 valence electrons.